The van der Waals surface area contributed by atoms with Gasteiger partial charge in [-0.2, -0.15) is 0 Å². The van der Waals surface area contributed by atoms with Crippen LogP contribution in [0.2, 0.25) is 0 Å². The highest BCUT2D eigenvalue weighted by Crippen LogP contribution is 2.21. The van der Waals surface area contributed by atoms with Crippen LogP contribution in [0.4, 0.5) is 4.79 Å². The quantitative estimate of drug-likeness (QED) is 0.771. The average molecular weight is 312 g/mol. The van der Waals surface area contributed by atoms with E-state index >= 15 is 0 Å². The number of carbonyl (C=O) groups excluding carboxylic acids is 1. The van der Waals surface area contributed by atoms with E-state index in [0.29, 0.717) is 13.2 Å². The first-order valence-electron chi connectivity index (χ1n) is 6.94. The lowest BCUT2D eigenvalue weighted by molar-refractivity contribution is -0.148. The minimum absolute atomic E-state index is 0.0608. The van der Waals surface area contributed by atoms with Crippen LogP contribution in [0.5, 0.6) is 0 Å². The summed E-state index contributed by atoms with van der Waals surface area (Å²) >= 11 is 1.64. The Morgan fingerprint density at radius 3 is 2.76 bits per heavy atom. The van der Waals surface area contributed by atoms with E-state index < -0.39 is 17.5 Å². The number of hydrogen-bond donors (Lipinski definition) is 3. The summed E-state index contributed by atoms with van der Waals surface area (Å²) in [7, 11) is 0. The standard InChI is InChI=1S/C14H20N2O4S/c1-10(9-11-3-2-8-21-11)15-13(19)16-14(12(17)18)4-6-20-7-5-14/h2-3,8,10H,4-7,9H2,1H3,(H,17,18)(H2,15,16,19). The molecule has 0 saturated carbocycles. The first kappa shape index (κ1) is 15.8. The molecule has 1 aliphatic heterocycles. The number of rotatable bonds is 5. The van der Waals surface area contributed by atoms with Crippen molar-refractivity contribution in [3.8, 4) is 0 Å². The van der Waals surface area contributed by atoms with Gasteiger partial charge in [-0.15, -0.1) is 11.3 Å². The number of hydrogen-bond acceptors (Lipinski definition) is 4. The molecule has 21 heavy (non-hydrogen) atoms. The fourth-order valence-electron chi connectivity index (χ4n) is 2.37. The van der Waals surface area contributed by atoms with E-state index in [1.165, 1.54) is 4.88 Å². The molecule has 1 unspecified atom stereocenters. The largest absolute Gasteiger partial charge is 0.480 e. The topological polar surface area (TPSA) is 87.7 Å². The monoisotopic (exact) mass is 312 g/mol. The third-order valence-corrected chi connectivity index (χ3v) is 4.47. The number of carboxylic acid groups (broad SMARTS) is 1. The van der Waals surface area contributed by atoms with Crippen LogP contribution in [0.3, 0.4) is 0 Å². The Morgan fingerprint density at radius 2 is 2.19 bits per heavy atom. The molecule has 3 N–H and O–H groups in total. The summed E-state index contributed by atoms with van der Waals surface area (Å²) in [6.07, 6.45) is 1.30. The summed E-state index contributed by atoms with van der Waals surface area (Å²) in [5.74, 6) is -1.01. The van der Waals surface area contributed by atoms with Gasteiger partial charge < -0.3 is 20.5 Å². The fourth-order valence-corrected chi connectivity index (χ4v) is 3.21. The van der Waals surface area contributed by atoms with Gasteiger partial charge in [-0.1, -0.05) is 6.07 Å². The molecule has 1 aliphatic rings. The molecule has 1 atom stereocenters. The van der Waals surface area contributed by atoms with Crippen molar-refractivity contribution in [3.63, 3.8) is 0 Å². The summed E-state index contributed by atoms with van der Waals surface area (Å²) < 4.78 is 5.17. The van der Waals surface area contributed by atoms with Crippen LogP contribution in [0, 0.1) is 0 Å². The lowest BCUT2D eigenvalue weighted by Crippen LogP contribution is -2.60. The molecule has 1 saturated heterocycles. The minimum atomic E-state index is -1.22. The second kappa shape index (κ2) is 6.91. The Labute approximate surface area is 127 Å². The highest BCUT2D eigenvalue weighted by molar-refractivity contribution is 7.09. The fraction of sp³-hybridized carbons (Fsp3) is 0.571. The lowest BCUT2D eigenvalue weighted by Gasteiger charge is -2.34. The number of carbonyl (C=O) groups is 2. The van der Waals surface area contributed by atoms with Crippen molar-refractivity contribution in [2.45, 2.75) is 37.8 Å². The van der Waals surface area contributed by atoms with Crippen molar-refractivity contribution >= 4 is 23.3 Å². The smallest absolute Gasteiger partial charge is 0.329 e. The van der Waals surface area contributed by atoms with E-state index in [1.807, 2.05) is 24.4 Å². The van der Waals surface area contributed by atoms with E-state index in [-0.39, 0.29) is 18.9 Å². The Kier molecular flexibility index (Phi) is 5.19. The van der Waals surface area contributed by atoms with Gasteiger partial charge >= 0.3 is 12.0 Å². The molecule has 0 spiro atoms. The van der Waals surface area contributed by atoms with Crippen molar-refractivity contribution in [2.24, 2.45) is 0 Å². The molecule has 116 valence electrons. The van der Waals surface area contributed by atoms with Crippen LogP contribution in [0.25, 0.3) is 0 Å². The van der Waals surface area contributed by atoms with Crippen LogP contribution < -0.4 is 10.6 Å². The molecule has 1 fully saturated rings. The average Bonchev–Trinajstić information content (AvgIpc) is 2.92. The van der Waals surface area contributed by atoms with Gasteiger partial charge in [0.1, 0.15) is 5.54 Å². The molecule has 0 aliphatic carbocycles. The predicted octanol–water partition coefficient (Wildman–Crippen LogP) is 1.61. The normalized spacial score (nSPS) is 18.7. The van der Waals surface area contributed by atoms with E-state index in [1.54, 1.807) is 11.3 Å². The van der Waals surface area contributed by atoms with Crippen molar-refractivity contribution in [1.29, 1.82) is 0 Å². The maximum Gasteiger partial charge on any atom is 0.329 e. The number of thiophene rings is 1. The van der Waals surface area contributed by atoms with Gasteiger partial charge in [0, 0.05) is 43.4 Å². The van der Waals surface area contributed by atoms with Crippen LogP contribution in [-0.4, -0.2) is 41.9 Å². The molecule has 6 nitrogen and oxygen atoms in total. The van der Waals surface area contributed by atoms with Crippen molar-refractivity contribution in [3.05, 3.63) is 22.4 Å². The van der Waals surface area contributed by atoms with Crippen molar-refractivity contribution in [1.82, 2.24) is 10.6 Å². The number of aliphatic carboxylic acids is 1. The zero-order valence-electron chi connectivity index (χ0n) is 11.9. The van der Waals surface area contributed by atoms with Gasteiger partial charge in [0.25, 0.3) is 0 Å². The Hall–Kier alpha value is -1.60. The zero-order valence-corrected chi connectivity index (χ0v) is 12.7. The molecule has 7 heteroatoms. The summed E-state index contributed by atoms with van der Waals surface area (Å²) in [6.45, 7) is 2.59. The van der Waals surface area contributed by atoms with E-state index in [2.05, 4.69) is 10.6 Å². The molecule has 2 heterocycles. The summed E-state index contributed by atoms with van der Waals surface area (Å²) in [6, 6.07) is 3.48. The Morgan fingerprint density at radius 1 is 1.48 bits per heavy atom. The molecule has 2 amide bonds. The Bertz CT molecular complexity index is 483. The van der Waals surface area contributed by atoms with Crippen LogP contribution in [-0.2, 0) is 16.0 Å². The molecular weight excluding hydrogens is 292 g/mol. The lowest BCUT2D eigenvalue weighted by atomic mass is 9.90. The first-order chi connectivity index (χ1) is 10.0. The van der Waals surface area contributed by atoms with Crippen molar-refractivity contribution in [2.75, 3.05) is 13.2 Å². The van der Waals surface area contributed by atoms with Gasteiger partial charge in [-0.3, -0.25) is 0 Å². The molecular formula is C14H20N2O4S. The first-order valence-corrected chi connectivity index (χ1v) is 7.82. The van der Waals surface area contributed by atoms with Gasteiger partial charge in [0.15, 0.2) is 0 Å². The highest BCUT2D eigenvalue weighted by Gasteiger charge is 2.41. The molecule has 0 radical (unpaired) electrons. The number of urea groups is 1. The predicted molar refractivity (Wildman–Crippen MR) is 79.6 cm³/mol. The van der Waals surface area contributed by atoms with Gasteiger partial charge in [0.05, 0.1) is 0 Å². The zero-order chi connectivity index (χ0) is 15.3. The van der Waals surface area contributed by atoms with Crippen molar-refractivity contribution < 1.29 is 19.4 Å². The summed E-state index contributed by atoms with van der Waals surface area (Å²) in [5.41, 5.74) is -1.22. The SMILES string of the molecule is CC(Cc1cccs1)NC(=O)NC1(C(=O)O)CCOCC1. The summed E-state index contributed by atoms with van der Waals surface area (Å²) in [5, 5.41) is 16.8. The van der Waals surface area contributed by atoms with Crippen LogP contribution in [0.15, 0.2) is 17.5 Å². The number of ether oxygens (including phenoxy) is 1. The van der Waals surface area contributed by atoms with Crippen LogP contribution >= 0.6 is 11.3 Å². The maximum absolute atomic E-state index is 12.0. The van der Waals surface area contributed by atoms with Crippen LogP contribution in [0.1, 0.15) is 24.6 Å². The maximum atomic E-state index is 12.0. The van der Waals surface area contributed by atoms with E-state index in [9.17, 15) is 14.7 Å². The summed E-state index contributed by atoms with van der Waals surface area (Å²) in [4.78, 5) is 24.7. The van der Waals surface area contributed by atoms with Gasteiger partial charge in [0.2, 0.25) is 0 Å². The molecule has 2 rings (SSSR count). The second-order valence-corrected chi connectivity index (χ2v) is 6.31. The minimum Gasteiger partial charge on any atom is -0.480 e. The third-order valence-electron chi connectivity index (χ3n) is 3.57. The molecule has 0 aromatic carbocycles. The molecule has 1 aromatic rings. The van der Waals surface area contributed by atoms with Gasteiger partial charge in [-0.25, -0.2) is 9.59 Å². The Balaban J connectivity index is 1.88. The molecule has 1 aromatic heterocycles. The van der Waals surface area contributed by atoms with E-state index in [4.69, 9.17) is 4.74 Å². The van der Waals surface area contributed by atoms with E-state index in [0.717, 1.165) is 6.42 Å². The highest BCUT2D eigenvalue weighted by atomic mass is 32.1. The third kappa shape index (κ3) is 4.18. The number of nitrogens with one attached hydrogen (secondary N) is 2. The van der Waals surface area contributed by atoms with Gasteiger partial charge in [-0.05, 0) is 18.4 Å². The molecule has 0 bridgehead atoms. The number of amides is 2. The second-order valence-electron chi connectivity index (χ2n) is 5.28. The number of carboxylic acids is 1.